The Hall–Kier alpha value is -1.57. The summed E-state index contributed by atoms with van der Waals surface area (Å²) in [6, 6.07) is 13.6. The van der Waals surface area contributed by atoms with E-state index in [1.54, 1.807) is 6.07 Å². The van der Waals surface area contributed by atoms with E-state index >= 15 is 0 Å². The number of hydrogen-bond donors (Lipinski definition) is 3. The number of β-amino-alcohol motifs (C(OH)–C–C–N with tert-alkyl or cyclic N) is 1. The minimum Gasteiger partial charge on any atom is -0.493 e. The third-order valence-corrected chi connectivity index (χ3v) is 5.30. The average molecular weight is 495 g/mol. The van der Waals surface area contributed by atoms with E-state index in [2.05, 4.69) is 4.90 Å². The minimum absolute atomic E-state index is 0. The molecule has 176 valence electrons. The fourth-order valence-electron chi connectivity index (χ4n) is 3.45. The van der Waals surface area contributed by atoms with E-state index < -0.39 is 6.10 Å². The molecule has 1 fully saturated rings. The molecule has 1 saturated heterocycles. The molecule has 1 unspecified atom stereocenters. The van der Waals surface area contributed by atoms with E-state index in [4.69, 9.17) is 20.9 Å². The Bertz CT molecular complexity index is 760. The van der Waals surface area contributed by atoms with Crippen LogP contribution in [0.3, 0.4) is 0 Å². The highest BCUT2D eigenvalue weighted by Crippen LogP contribution is 2.30. The Balaban J connectivity index is 0.00000300. The number of para-hydroxylation sites is 1. The zero-order valence-corrected chi connectivity index (χ0v) is 20.2. The number of nitrogens with two attached hydrogens (primary N) is 2. The van der Waals surface area contributed by atoms with Gasteiger partial charge in [-0.05, 0) is 62.5 Å². The van der Waals surface area contributed by atoms with Crippen LogP contribution in [-0.2, 0) is 0 Å². The molecule has 0 bridgehead atoms. The van der Waals surface area contributed by atoms with Gasteiger partial charge in [0.25, 0.3) is 0 Å². The standard InChI is InChI=1S/C22H31N3O3.3ClH/c1-16-7-8-20(22(24)21(16)23)28-15-18(26)13-25-11-9-17(10-12-25)14-27-19-5-3-2-4-6-19;;;/h2-8,17-18,26H,9-15,23-24H2,1H3;3*1H. The lowest BCUT2D eigenvalue weighted by molar-refractivity contribution is 0.0505. The van der Waals surface area contributed by atoms with Crippen molar-refractivity contribution in [1.82, 2.24) is 4.90 Å². The van der Waals surface area contributed by atoms with Crippen molar-refractivity contribution in [2.24, 2.45) is 5.92 Å². The number of piperidine rings is 1. The number of aliphatic hydroxyl groups excluding tert-OH is 1. The highest BCUT2D eigenvalue weighted by atomic mass is 35.5. The van der Waals surface area contributed by atoms with Crippen LogP contribution >= 0.6 is 37.2 Å². The van der Waals surface area contributed by atoms with E-state index in [1.807, 2.05) is 43.3 Å². The molecule has 1 aliphatic rings. The molecule has 1 aliphatic heterocycles. The van der Waals surface area contributed by atoms with Crippen LogP contribution in [0, 0.1) is 12.8 Å². The van der Waals surface area contributed by atoms with Gasteiger partial charge in [0, 0.05) is 6.54 Å². The molecule has 6 nitrogen and oxygen atoms in total. The van der Waals surface area contributed by atoms with Crippen LogP contribution in [-0.4, -0.2) is 49.0 Å². The van der Waals surface area contributed by atoms with Gasteiger partial charge in [-0.2, -0.15) is 0 Å². The molecular weight excluding hydrogens is 461 g/mol. The lowest BCUT2D eigenvalue weighted by atomic mass is 9.97. The second kappa shape index (κ2) is 14.5. The fraction of sp³-hybridized carbons (Fsp3) is 0.455. The van der Waals surface area contributed by atoms with Gasteiger partial charge in [0.05, 0.1) is 18.0 Å². The van der Waals surface area contributed by atoms with E-state index in [9.17, 15) is 5.11 Å². The monoisotopic (exact) mass is 493 g/mol. The van der Waals surface area contributed by atoms with Crippen LogP contribution in [0.2, 0.25) is 0 Å². The normalized spacial score (nSPS) is 15.0. The summed E-state index contributed by atoms with van der Waals surface area (Å²) in [6.45, 7) is 5.35. The second-order valence-corrected chi connectivity index (χ2v) is 7.54. The van der Waals surface area contributed by atoms with E-state index in [0.717, 1.165) is 43.9 Å². The van der Waals surface area contributed by atoms with Gasteiger partial charge in [-0.15, -0.1) is 37.2 Å². The molecular formula is C22H34Cl3N3O3. The molecule has 2 aromatic carbocycles. The first-order chi connectivity index (χ1) is 13.5. The molecule has 0 saturated carbocycles. The van der Waals surface area contributed by atoms with E-state index in [1.165, 1.54) is 0 Å². The minimum atomic E-state index is -0.570. The predicted molar refractivity (Wildman–Crippen MR) is 134 cm³/mol. The number of likely N-dealkylation sites (tertiary alicyclic amines) is 1. The van der Waals surface area contributed by atoms with Gasteiger partial charge in [-0.1, -0.05) is 24.3 Å². The maximum Gasteiger partial charge on any atom is 0.144 e. The first kappa shape index (κ1) is 29.4. The molecule has 1 heterocycles. The lowest BCUT2D eigenvalue weighted by Gasteiger charge is -2.33. The number of rotatable bonds is 8. The molecule has 3 rings (SSSR count). The number of hydrogen-bond acceptors (Lipinski definition) is 6. The Kier molecular flexibility index (Phi) is 13.8. The Labute approximate surface area is 203 Å². The molecule has 0 spiro atoms. The van der Waals surface area contributed by atoms with Crippen LogP contribution in [0.15, 0.2) is 42.5 Å². The molecule has 9 heteroatoms. The number of nitrogen functional groups attached to an aromatic ring is 2. The summed E-state index contributed by atoms with van der Waals surface area (Å²) in [5.74, 6) is 2.01. The fourth-order valence-corrected chi connectivity index (χ4v) is 3.45. The zero-order valence-electron chi connectivity index (χ0n) is 17.7. The SMILES string of the molecule is Cc1ccc(OCC(O)CN2CCC(COc3ccccc3)CC2)c(N)c1N.Cl.Cl.Cl. The van der Waals surface area contributed by atoms with Crippen molar-refractivity contribution >= 4 is 48.6 Å². The van der Waals surface area contributed by atoms with E-state index in [0.29, 0.717) is 29.6 Å². The molecule has 0 aromatic heterocycles. The van der Waals surface area contributed by atoms with Gasteiger partial charge < -0.3 is 30.9 Å². The van der Waals surface area contributed by atoms with Crippen LogP contribution in [0.4, 0.5) is 11.4 Å². The van der Waals surface area contributed by atoms with Crippen molar-refractivity contribution in [2.45, 2.75) is 25.9 Å². The maximum absolute atomic E-state index is 10.3. The number of nitrogens with zero attached hydrogens (tertiary/aromatic N) is 1. The van der Waals surface area contributed by atoms with Gasteiger partial charge in [0.1, 0.15) is 24.2 Å². The van der Waals surface area contributed by atoms with Crippen LogP contribution in [0.25, 0.3) is 0 Å². The third kappa shape index (κ3) is 8.83. The predicted octanol–water partition coefficient (Wildman–Crippen LogP) is 3.96. The summed E-state index contributed by atoms with van der Waals surface area (Å²) in [7, 11) is 0. The van der Waals surface area contributed by atoms with Gasteiger partial charge >= 0.3 is 0 Å². The van der Waals surface area contributed by atoms with Crippen LogP contribution in [0.1, 0.15) is 18.4 Å². The summed E-state index contributed by atoms with van der Waals surface area (Å²) >= 11 is 0. The number of aryl methyl sites for hydroxylation is 1. The first-order valence-corrected chi connectivity index (χ1v) is 9.88. The number of aliphatic hydroxyl groups is 1. The van der Waals surface area contributed by atoms with Crippen molar-refractivity contribution in [3.05, 3.63) is 48.0 Å². The number of anilines is 2. The van der Waals surface area contributed by atoms with Crippen molar-refractivity contribution in [3.8, 4) is 11.5 Å². The zero-order chi connectivity index (χ0) is 19.9. The highest BCUT2D eigenvalue weighted by Gasteiger charge is 2.22. The third-order valence-electron chi connectivity index (χ3n) is 5.30. The lowest BCUT2D eigenvalue weighted by Crippen LogP contribution is -2.41. The Morgan fingerprint density at radius 3 is 2.26 bits per heavy atom. The summed E-state index contributed by atoms with van der Waals surface area (Å²) in [4.78, 5) is 2.28. The van der Waals surface area contributed by atoms with Crippen LogP contribution < -0.4 is 20.9 Å². The summed E-state index contributed by atoms with van der Waals surface area (Å²) < 4.78 is 11.6. The highest BCUT2D eigenvalue weighted by molar-refractivity contribution is 5.86. The molecule has 2 aromatic rings. The molecule has 0 aliphatic carbocycles. The van der Waals surface area contributed by atoms with Gasteiger partial charge in [-0.3, -0.25) is 0 Å². The molecule has 0 radical (unpaired) electrons. The van der Waals surface area contributed by atoms with Crippen LogP contribution in [0.5, 0.6) is 11.5 Å². The summed E-state index contributed by atoms with van der Waals surface area (Å²) in [6.07, 6.45) is 1.57. The number of ether oxygens (including phenoxy) is 2. The Morgan fingerprint density at radius 1 is 0.968 bits per heavy atom. The largest absolute Gasteiger partial charge is 0.493 e. The van der Waals surface area contributed by atoms with Gasteiger partial charge in [0.2, 0.25) is 0 Å². The summed E-state index contributed by atoms with van der Waals surface area (Å²) in [5.41, 5.74) is 13.8. The van der Waals surface area contributed by atoms with Crippen molar-refractivity contribution < 1.29 is 14.6 Å². The summed E-state index contributed by atoms with van der Waals surface area (Å²) in [5, 5.41) is 10.3. The van der Waals surface area contributed by atoms with Crippen molar-refractivity contribution in [2.75, 3.05) is 44.3 Å². The quantitative estimate of drug-likeness (QED) is 0.481. The second-order valence-electron chi connectivity index (χ2n) is 7.54. The topological polar surface area (TPSA) is 94.0 Å². The van der Waals surface area contributed by atoms with Crippen molar-refractivity contribution in [3.63, 3.8) is 0 Å². The molecule has 31 heavy (non-hydrogen) atoms. The first-order valence-electron chi connectivity index (χ1n) is 9.88. The van der Waals surface area contributed by atoms with Crippen molar-refractivity contribution in [1.29, 1.82) is 0 Å². The number of benzene rings is 2. The molecule has 1 atom stereocenters. The average Bonchev–Trinajstić information content (AvgIpc) is 2.72. The maximum atomic E-state index is 10.3. The molecule has 0 amide bonds. The van der Waals surface area contributed by atoms with Gasteiger partial charge in [-0.25, -0.2) is 0 Å². The van der Waals surface area contributed by atoms with E-state index in [-0.39, 0.29) is 43.8 Å². The Morgan fingerprint density at radius 2 is 1.61 bits per heavy atom. The molecule has 5 N–H and O–H groups in total. The smallest absolute Gasteiger partial charge is 0.144 e. The van der Waals surface area contributed by atoms with Gasteiger partial charge in [0.15, 0.2) is 0 Å². The number of halogens is 3.